The number of fused-ring (bicyclic) bond motifs is 3. The van der Waals surface area contributed by atoms with E-state index in [0.29, 0.717) is 39.2 Å². The first-order chi connectivity index (χ1) is 16.0. The molecule has 5 rings (SSSR count). The molecule has 0 fully saturated rings. The minimum absolute atomic E-state index is 0. The van der Waals surface area contributed by atoms with Crippen LogP contribution in [0.25, 0.3) is 11.3 Å². The van der Waals surface area contributed by atoms with E-state index >= 15 is 0 Å². The number of aromatic carboxylic acids is 1. The van der Waals surface area contributed by atoms with Crippen molar-refractivity contribution in [2.75, 3.05) is 5.32 Å². The van der Waals surface area contributed by atoms with E-state index in [4.69, 9.17) is 11.6 Å². The maximum atomic E-state index is 14.6. The first kappa shape index (κ1) is 24.0. The molecule has 0 radical (unpaired) electrons. The summed E-state index contributed by atoms with van der Waals surface area (Å²) in [6.45, 7) is 0.270. The summed E-state index contributed by atoms with van der Waals surface area (Å²) in [5, 5.41) is 14.5. The monoisotopic (exact) mass is 480 g/mol. The van der Waals surface area contributed by atoms with Gasteiger partial charge in [0.25, 0.3) is 0 Å². The zero-order chi connectivity index (χ0) is 22.9. The summed E-state index contributed by atoms with van der Waals surface area (Å²) in [5.41, 5.74) is 4.44. The SMILES string of the molecule is O=C([O-])c1ccc(Nc2ncc3c(n2)-c2ccc(Cl)cc2C(c2ccccc2F)=NC3)cc1.[Na+]. The fourth-order valence-corrected chi connectivity index (χ4v) is 3.86. The zero-order valence-corrected chi connectivity index (χ0v) is 20.8. The van der Waals surface area contributed by atoms with Crippen LogP contribution in [0.3, 0.4) is 0 Å². The predicted octanol–water partition coefficient (Wildman–Crippen LogP) is 1.40. The van der Waals surface area contributed by atoms with E-state index in [2.05, 4.69) is 20.3 Å². The minimum Gasteiger partial charge on any atom is -0.545 e. The largest absolute Gasteiger partial charge is 1.00 e. The molecule has 0 spiro atoms. The second kappa shape index (κ2) is 10.0. The number of halogens is 2. The Balaban J connectivity index is 0.00000274. The third kappa shape index (κ3) is 4.74. The number of hydrogen-bond acceptors (Lipinski definition) is 6. The number of carbonyl (C=O) groups excluding carboxylic acids is 1. The van der Waals surface area contributed by atoms with Crippen molar-refractivity contribution in [3.8, 4) is 11.3 Å². The number of nitrogens with one attached hydrogen (secondary N) is 1. The van der Waals surface area contributed by atoms with Crippen molar-refractivity contribution in [1.29, 1.82) is 0 Å². The van der Waals surface area contributed by atoms with Crippen LogP contribution in [0.4, 0.5) is 16.0 Å². The number of aliphatic imine (C=N–C) groups is 1. The smallest absolute Gasteiger partial charge is 0.545 e. The number of anilines is 2. The topological polar surface area (TPSA) is 90.3 Å². The van der Waals surface area contributed by atoms with Gasteiger partial charge in [0, 0.05) is 39.2 Å². The summed E-state index contributed by atoms with van der Waals surface area (Å²) in [6.07, 6.45) is 1.67. The standard InChI is InChI=1S/C25H16ClFN4O2.Na/c26-16-7-10-18-20(11-16)23(19-3-1-2-4-21(19)27)28-12-15-13-29-25(31-22(15)18)30-17-8-5-14(6-9-17)24(32)33;/h1-11,13H,12H2,(H,32,33)(H,29,30,31);/q;+1/p-1. The van der Waals surface area contributed by atoms with Crippen molar-refractivity contribution in [1.82, 2.24) is 9.97 Å². The predicted molar refractivity (Wildman–Crippen MR) is 122 cm³/mol. The number of rotatable bonds is 4. The Hall–Kier alpha value is -3.10. The molecule has 1 aromatic heterocycles. The molecule has 0 amide bonds. The average Bonchev–Trinajstić information content (AvgIpc) is 2.96. The zero-order valence-electron chi connectivity index (χ0n) is 18.0. The first-order valence-corrected chi connectivity index (χ1v) is 10.4. The van der Waals surface area contributed by atoms with Gasteiger partial charge in [-0.3, -0.25) is 4.99 Å². The quantitative estimate of drug-likeness (QED) is 0.446. The molecule has 9 heteroatoms. The molecule has 2 heterocycles. The molecular formula is C25H15ClFN4NaO2. The Bertz CT molecular complexity index is 1430. The number of benzene rings is 3. The molecular weight excluding hydrogens is 466 g/mol. The molecule has 6 nitrogen and oxygen atoms in total. The maximum Gasteiger partial charge on any atom is 1.00 e. The molecule has 0 atom stereocenters. The van der Waals surface area contributed by atoms with Crippen molar-refractivity contribution in [3.63, 3.8) is 0 Å². The minimum atomic E-state index is -1.25. The van der Waals surface area contributed by atoms with Gasteiger partial charge in [-0.25, -0.2) is 14.4 Å². The summed E-state index contributed by atoms with van der Waals surface area (Å²) in [5.74, 6) is -1.30. The van der Waals surface area contributed by atoms with Gasteiger partial charge in [0.05, 0.1) is 23.9 Å². The normalized spacial score (nSPS) is 11.9. The van der Waals surface area contributed by atoms with Crippen LogP contribution in [-0.4, -0.2) is 21.6 Å². The summed E-state index contributed by atoms with van der Waals surface area (Å²) in [7, 11) is 0. The first-order valence-electron chi connectivity index (χ1n) is 10.0. The fourth-order valence-electron chi connectivity index (χ4n) is 3.69. The fraction of sp³-hybridized carbons (Fsp3) is 0.0400. The Labute approximate surface area is 221 Å². The maximum absolute atomic E-state index is 14.6. The van der Waals surface area contributed by atoms with E-state index in [-0.39, 0.29) is 47.5 Å². The van der Waals surface area contributed by atoms with Crippen LogP contribution < -0.4 is 40.0 Å². The molecule has 4 aromatic rings. The van der Waals surface area contributed by atoms with Gasteiger partial charge >= 0.3 is 29.6 Å². The van der Waals surface area contributed by atoms with Gasteiger partial charge in [-0.05, 0) is 42.0 Å². The van der Waals surface area contributed by atoms with Gasteiger partial charge in [0.1, 0.15) is 5.82 Å². The van der Waals surface area contributed by atoms with Gasteiger partial charge in [0.2, 0.25) is 5.95 Å². The number of carbonyl (C=O) groups is 1. The van der Waals surface area contributed by atoms with Gasteiger partial charge in [-0.2, -0.15) is 0 Å². The summed E-state index contributed by atoms with van der Waals surface area (Å²) in [4.78, 5) is 24.7. The Morgan fingerprint density at radius 3 is 2.50 bits per heavy atom. The van der Waals surface area contributed by atoms with Crippen molar-refractivity contribution >= 4 is 34.9 Å². The van der Waals surface area contributed by atoms with Crippen LogP contribution in [0.1, 0.15) is 27.0 Å². The molecule has 0 saturated heterocycles. The van der Waals surface area contributed by atoms with Crippen LogP contribution >= 0.6 is 11.6 Å². The molecule has 0 aliphatic carbocycles. The number of nitrogens with zero attached hydrogens (tertiary/aromatic N) is 3. The van der Waals surface area contributed by atoms with Crippen molar-refractivity contribution in [2.45, 2.75) is 6.54 Å². The van der Waals surface area contributed by atoms with Crippen molar-refractivity contribution < 1.29 is 43.8 Å². The molecule has 0 bridgehead atoms. The number of carboxylic acid groups (broad SMARTS) is 1. The Morgan fingerprint density at radius 2 is 1.76 bits per heavy atom. The number of carboxylic acids is 1. The Kier molecular flexibility index (Phi) is 7.09. The van der Waals surface area contributed by atoms with E-state index in [1.807, 2.05) is 6.07 Å². The average molecular weight is 481 g/mol. The third-order valence-electron chi connectivity index (χ3n) is 5.27. The van der Waals surface area contributed by atoms with E-state index in [9.17, 15) is 14.3 Å². The van der Waals surface area contributed by atoms with Gasteiger partial charge in [-0.1, -0.05) is 41.9 Å². The second-order valence-corrected chi connectivity index (χ2v) is 7.83. The van der Waals surface area contributed by atoms with E-state index < -0.39 is 5.97 Å². The molecule has 1 aliphatic rings. The molecule has 3 aromatic carbocycles. The number of hydrogen-bond donors (Lipinski definition) is 1. The van der Waals surface area contributed by atoms with Gasteiger partial charge in [-0.15, -0.1) is 0 Å². The van der Waals surface area contributed by atoms with Crippen LogP contribution in [0, 0.1) is 5.82 Å². The van der Waals surface area contributed by atoms with Crippen LogP contribution in [0.5, 0.6) is 0 Å². The van der Waals surface area contributed by atoms with E-state index in [1.54, 1.807) is 48.7 Å². The van der Waals surface area contributed by atoms with E-state index in [0.717, 1.165) is 11.1 Å². The van der Waals surface area contributed by atoms with E-state index in [1.165, 1.54) is 18.2 Å². The van der Waals surface area contributed by atoms with Crippen LogP contribution in [0.2, 0.25) is 5.02 Å². The molecule has 162 valence electrons. The number of aromatic nitrogens is 2. The summed E-state index contributed by atoms with van der Waals surface area (Å²) >= 11 is 6.28. The van der Waals surface area contributed by atoms with Gasteiger partial charge < -0.3 is 15.2 Å². The van der Waals surface area contributed by atoms with Crippen molar-refractivity contribution in [3.05, 3.63) is 106 Å². The summed E-state index contributed by atoms with van der Waals surface area (Å²) in [6, 6.07) is 17.9. The van der Waals surface area contributed by atoms with Crippen molar-refractivity contribution in [2.24, 2.45) is 4.99 Å². The summed E-state index contributed by atoms with van der Waals surface area (Å²) < 4.78 is 14.6. The molecule has 34 heavy (non-hydrogen) atoms. The molecule has 1 aliphatic heterocycles. The Morgan fingerprint density at radius 1 is 1.00 bits per heavy atom. The molecule has 1 N–H and O–H groups in total. The third-order valence-corrected chi connectivity index (χ3v) is 5.50. The van der Waals surface area contributed by atoms with Gasteiger partial charge in [0.15, 0.2) is 0 Å². The van der Waals surface area contributed by atoms with Crippen LogP contribution in [0.15, 0.2) is 77.9 Å². The van der Waals surface area contributed by atoms with Crippen LogP contribution in [-0.2, 0) is 6.54 Å². The molecule has 0 saturated carbocycles. The molecule has 0 unspecified atom stereocenters. The second-order valence-electron chi connectivity index (χ2n) is 7.39.